The number of carbonyl (C=O) groups excluding carboxylic acids is 5. The lowest BCUT2D eigenvalue weighted by Crippen LogP contribution is -2.52. The molecule has 1 saturated heterocycles. The van der Waals surface area contributed by atoms with E-state index in [1.165, 1.54) is 66.7 Å². The summed E-state index contributed by atoms with van der Waals surface area (Å²) in [6, 6.07) is 15.9. The van der Waals surface area contributed by atoms with Crippen molar-refractivity contribution in [2.24, 2.45) is 11.8 Å². The monoisotopic (exact) mass is 768 g/mol. The van der Waals surface area contributed by atoms with Gasteiger partial charge in [0.15, 0.2) is 5.78 Å². The van der Waals surface area contributed by atoms with Crippen LogP contribution in [0.2, 0.25) is 15.1 Å². The molecule has 5 rings (SSSR count). The van der Waals surface area contributed by atoms with E-state index >= 15 is 0 Å². The van der Waals surface area contributed by atoms with Crippen LogP contribution in [0, 0.1) is 11.8 Å². The lowest BCUT2D eigenvalue weighted by atomic mass is 9.81. The average Bonchev–Trinajstić information content (AvgIpc) is 3.20. The third kappa shape index (κ3) is 6.68. The topological polar surface area (TPSA) is 101 Å². The minimum Gasteiger partial charge on any atom is -0.423 e. The lowest BCUT2D eigenvalue weighted by molar-refractivity contribution is -0.154. The molecule has 3 aromatic rings. The molecule has 1 heterocycles. The van der Waals surface area contributed by atoms with Crippen molar-refractivity contribution in [2.75, 3.05) is 6.54 Å². The molecule has 2 aliphatic rings. The standard InChI is InChI=1S/C30H21Br2Cl3N2O6/c31-23-12-21-22(13-24(23)32)29(41)37(28(21)40)36(27(39)16-1-5-17(33)6-2-16)14-26(38)15-3-8-19(9-4-15)43-30(42)20-10-7-18(34)11-25(20)35/h1-11,21-24H,12-14H2/t21-,22+,23-,24-/m0/s1. The number of halogens is 5. The van der Waals surface area contributed by atoms with Crippen LogP contribution in [0.3, 0.4) is 0 Å². The number of benzene rings is 3. The van der Waals surface area contributed by atoms with E-state index in [4.69, 9.17) is 39.5 Å². The maximum atomic E-state index is 13.7. The van der Waals surface area contributed by atoms with E-state index in [1.54, 1.807) is 0 Å². The minimum absolute atomic E-state index is 0.0316. The Hall–Kier alpha value is -2.76. The second-order valence-corrected chi connectivity index (χ2v) is 13.7. The van der Waals surface area contributed by atoms with Gasteiger partial charge in [-0.15, -0.1) is 0 Å². The number of rotatable bonds is 7. The van der Waals surface area contributed by atoms with Crippen molar-refractivity contribution in [2.45, 2.75) is 22.5 Å². The Kier molecular flexibility index (Phi) is 9.63. The average molecular weight is 772 g/mol. The van der Waals surface area contributed by atoms with E-state index in [9.17, 15) is 24.0 Å². The summed E-state index contributed by atoms with van der Waals surface area (Å²) in [5, 5.41) is 2.60. The third-order valence-electron chi connectivity index (χ3n) is 7.29. The van der Waals surface area contributed by atoms with Gasteiger partial charge in [0.25, 0.3) is 17.7 Å². The summed E-state index contributed by atoms with van der Waals surface area (Å²) in [4.78, 5) is 66.7. The van der Waals surface area contributed by atoms with Crippen molar-refractivity contribution in [1.82, 2.24) is 10.0 Å². The van der Waals surface area contributed by atoms with E-state index in [0.717, 1.165) is 10.0 Å². The van der Waals surface area contributed by atoms with E-state index < -0.39 is 47.9 Å². The van der Waals surface area contributed by atoms with Crippen molar-refractivity contribution < 1.29 is 28.7 Å². The van der Waals surface area contributed by atoms with E-state index in [1.807, 2.05) is 0 Å². The number of imide groups is 1. The van der Waals surface area contributed by atoms with Gasteiger partial charge in [-0.2, -0.15) is 5.01 Å². The van der Waals surface area contributed by atoms with Gasteiger partial charge in [0.1, 0.15) is 12.3 Å². The number of amides is 3. The summed E-state index contributed by atoms with van der Waals surface area (Å²) >= 11 is 25.1. The molecule has 222 valence electrons. The van der Waals surface area contributed by atoms with Crippen LogP contribution >= 0.6 is 66.7 Å². The number of hydrogen-bond acceptors (Lipinski definition) is 6. The Morgan fingerprint density at radius 2 is 1.33 bits per heavy atom. The molecular weight excluding hydrogens is 751 g/mol. The first-order valence-corrected chi connectivity index (χ1v) is 15.9. The molecule has 0 unspecified atom stereocenters. The van der Waals surface area contributed by atoms with Crippen LogP contribution in [-0.4, -0.2) is 55.7 Å². The van der Waals surface area contributed by atoms with Gasteiger partial charge in [-0.3, -0.25) is 19.2 Å². The molecule has 43 heavy (non-hydrogen) atoms. The summed E-state index contributed by atoms with van der Waals surface area (Å²) in [5.74, 6) is -4.13. The van der Waals surface area contributed by atoms with Gasteiger partial charge in [0, 0.05) is 30.8 Å². The van der Waals surface area contributed by atoms with Crippen LogP contribution in [0.5, 0.6) is 5.75 Å². The zero-order valence-corrected chi connectivity index (χ0v) is 27.5. The highest BCUT2D eigenvalue weighted by atomic mass is 79.9. The molecule has 3 aromatic carbocycles. The number of Topliss-reactive ketones (excluding diaryl/α,β-unsaturated/α-hetero) is 1. The predicted molar refractivity (Wildman–Crippen MR) is 168 cm³/mol. The Balaban J connectivity index is 1.38. The first-order valence-electron chi connectivity index (χ1n) is 13.0. The fraction of sp³-hybridized carbons (Fsp3) is 0.233. The number of ether oxygens (including phenoxy) is 1. The number of carbonyl (C=O) groups is 5. The number of fused-ring (bicyclic) bond motifs is 1. The summed E-state index contributed by atoms with van der Waals surface area (Å²) in [6.07, 6.45) is 0.806. The van der Waals surface area contributed by atoms with E-state index in [-0.39, 0.29) is 37.1 Å². The number of hydrazine groups is 1. The van der Waals surface area contributed by atoms with Crippen LogP contribution in [0.4, 0.5) is 0 Å². The number of hydrogen-bond donors (Lipinski definition) is 0. The largest absolute Gasteiger partial charge is 0.423 e. The SMILES string of the molecule is O=C(CN(C(=O)c1ccc(Cl)cc1)N1C(=O)[C@H]2C[C@H](Br)[C@@H](Br)C[C@H]2C1=O)c1ccc(OC(=O)c2ccc(Cl)cc2Cl)cc1. The maximum absolute atomic E-state index is 13.7. The van der Waals surface area contributed by atoms with E-state index in [2.05, 4.69) is 31.9 Å². The van der Waals surface area contributed by atoms with Crippen molar-refractivity contribution in [1.29, 1.82) is 0 Å². The van der Waals surface area contributed by atoms with Gasteiger partial charge in [-0.25, -0.2) is 9.80 Å². The molecular formula is C30H21Br2Cl3N2O6. The lowest BCUT2D eigenvalue weighted by Gasteiger charge is -2.30. The molecule has 0 bridgehead atoms. The molecule has 1 saturated carbocycles. The summed E-state index contributed by atoms with van der Waals surface area (Å²) < 4.78 is 5.37. The smallest absolute Gasteiger partial charge is 0.345 e. The third-order valence-corrected chi connectivity index (χ3v) is 10.8. The summed E-state index contributed by atoms with van der Waals surface area (Å²) in [6.45, 7) is -0.590. The van der Waals surface area contributed by atoms with Crippen LogP contribution in [0.1, 0.15) is 43.9 Å². The van der Waals surface area contributed by atoms with Gasteiger partial charge in [-0.05, 0) is 79.6 Å². The fourth-order valence-corrected chi connectivity index (χ4v) is 6.89. The second-order valence-electron chi connectivity index (χ2n) is 10.0. The molecule has 13 heteroatoms. The van der Waals surface area contributed by atoms with Crippen molar-refractivity contribution in [3.05, 3.63) is 98.5 Å². The van der Waals surface area contributed by atoms with Crippen molar-refractivity contribution in [3.8, 4) is 5.75 Å². The van der Waals surface area contributed by atoms with E-state index in [0.29, 0.717) is 22.9 Å². The first kappa shape index (κ1) is 31.7. The molecule has 1 aliphatic heterocycles. The molecule has 1 aliphatic carbocycles. The molecule has 0 N–H and O–H groups in total. The van der Waals surface area contributed by atoms with Crippen molar-refractivity contribution >= 4 is 96.1 Å². The van der Waals surface area contributed by atoms with Crippen LogP contribution < -0.4 is 4.74 Å². The zero-order chi connectivity index (χ0) is 31.0. The minimum atomic E-state index is -0.718. The van der Waals surface area contributed by atoms with Crippen LogP contribution in [-0.2, 0) is 9.59 Å². The Morgan fingerprint density at radius 3 is 1.88 bits per heavy atom. The van der Waals surface area contributed by atoms with Crippen molar-refractivity contribution in [3.63, 3.8) is 0 Å². The molecule has 2 fully saturated rings. The molecule has 4 atom stereocenters. The molecule has 3 amide bonds. The Morgan fingerprint density at radius 1 is 0.791 bits per heavy atom. The van der Waals surface area contributed by atoms with Crippen LogP contribution in [0.15, 0.2) is 66.7 Å². The second kappa shape index (κ2) is 13.1. The summed E-state index contributed by atoms with van der Waals surface area (Å²) in [7, 11) is 0. The first-order chi connectivity index (χ1) is 20.4. The molecule has 0 aromatic heterocycles. The molecule has 0 spiro atoms. The number of esters is 1. The van der Waals surface area contributed by atoms with Gasteiger partial charge in [-0.1, -0.05) is 66.7 Å². The molecule has 8 nitrogen and oxygen atoms in total. The predicted octanol–water partition coefficient (Wildman–Crippen LogP) is 7.03. The normalized spacial score (nSPS) is 21.4. The Labute approximate surface area is 278 Å². The highest BCUT2D eigenvalue weighted by Gasteiger charge is 2.54. The quantitative estimate of drug-likeness (QED) is 0.0842. The zero-order valence-electron chi connectivity index (χ0n) is 22.0. The number of ketones is 1. The number of nitrogens with zero attached hydrogens (tertiary/aromatic N) is 2. The fourth-order valence-electron chi connectivity index (χ4n) is 5.04. The van der Waals surface area contributed by atoms with Gasteiger partial charge < -0.3 is 4.74 Å². The van der Waals surface area contributed by atoms with Gasteiger partial charge in [0.05, 0.1) is 22.4 Å². The molecule has 0 radical (unpaired) electrons. The Bertz CT molecular complexity index is 1590. The van der Waals surface area contributed by atoms with Gasteiger partial charge >= 0.3 is 5.97 Å². The van der Waals surface area contributed by atoms with Crippen LogP contribution in [0.25, 0.3) is 0 Å². The summed E-state index contributed by atoms with van der Waals surface area (Å²) in [5.41, 5.74) is 0.420. The highest BCUT2D eigenvalue weighted by molar-refractivity contribution is 9.12. The van der Waals surface area contributed by atoms with Gasteiger partial charge in [0.2, 0.25) is 0 Å². The maximum Gasteiger partial charge on any atom is 0.345 e. The highest BCUT2D eigenvalue weighted by Crippen LogP contribution is 2.43. The number of alkyl halides is 2.